The maximum absolute atomic E-state index is 13.9. The molecule has 0 saturated carbocycles. The van der Waals surface area contributed by atoms with E-state index in [1.165, 1.54) is 12.3 Å². The first-order valence-corrected chi connectivity index (χ1v) is 6.95. The van der Waals surface area contributed by atoms with Gasteiger partial charge in [0.1, 0.15) is 0 Å². The van der Waals surface area contributed by atoms with Crippen molar-refractivity contribution in [3.63, 3.8) is 0 Å². The molecular formula is C13H17ClFN3O. The first kappa shape index (κ1) is 13.1. The molecule has 0 unspecified atom stereocenters. The lowest BCUT2D eigenvalue weighted by atomic mass is 9.76. The Balaban J connectivity index is 1.80. The van der Waals surface area contributed by atoms with Crippen molar-refractivity contribution in [2.75, 3.05) is 31.1 Å². The highest BCUT2D eigenvalue weighted by atomic mass is 35.5. The zero-order valence-electron chi connectivity index (χ0n) is 10.6. The number of aromatic nitrogens is 1. The normalized spacial score (nSPS) is 31.1. The number of hydrogen-bond donors (Lipinski definition) is 2. The molecule has 3 rings (SSSR count). The van der Waals surface area contributed by atoms with Gasteiger partial charge in [0.05, 0.1) is 10.6 Å². The molecule has 2 aliphatic rings. The van der Waals surface area contributed by atoms with Crippen LogP contribution in [0.25, 0.3) is 0 Å². The van der Waals surface area contributed by atoms with Crippen LogP contribution in [0.5, 0.6) is 0 Å². The van der Waals surface area contributed by atoms with Crippen molar-refractivity contribution in [3.8, 4) is 0 Å². The highest BCUT2D eigenvalue weighted by Crippen LogP contribution is 2.35. The van der Waals surface area contributed by atoms with Crippen LogP contribution in [-0.4, -0.2) is 41.9 Å². The molecular weight excluding hydrogens is 269 g/mol. The lowest BCUT2D eigenvalue weighted by molar-refractivity contribution is -0.0540. The zero-order valence-corrected chi connectivity index (χ0v) is 11.3. The fourth-order valence-electron chi connectivity index (χ4n) is 3.06. The highest BCUT2D eigenvalue weighted by molar-refractivity contribution is 6.30. The van der Waals surface area contributed by atoms with Crippen molar-refractivity contribution in [2.24, 2.45) is 5.92 Å². The predicted molar refractivity (Wildman–Crippen MR) is 72.0 cm³/mol. The fraction of sp³-hybridized carbons (Fsp3) is 0.615. The molecule has 0 spiro atoms. The van der Waals surface area contributed by atoms with Crippen LogP contribution < -0.4 is 10.2 Å². The van der Waals surface area contributed by atoms with Gasteiger partial charge in [-0.05, 0) is 25.5 Å². The van der Waals surface area contributed by atoms with Gasteiger partial charge in [-0.25, -0.2) is 9.37 Å². The number of nitrogens with one attached hydrogen (secondary N) is 1. The fourth-order valence-corrected chi connectivity index (χ4v) is 3.20. The van der Waals surface area contributed by atoms with Crippen molar-refractivity contribution in [2.45, 2.75) is 18.4 Å². The molecule has 1 aromatic rings. The molecule has 6 heteroatoms. The van der Waals surface area contributed by atoms with Gasteiger partial charge < -0.3 is 15.3 Å². The van der Waals surface area contributed by atoms with Crippen LogP contribution in [0.4, 0.5) is 10.2 Å². The Morgan fingerprint density at radius 3 is 3.16 bits per heavy atom. The number of rotatable bonds is 1. The van der Waals surface area contributed by atoms with E-state index in [2.05, 4.69) is 10.3 Å². The van der Waals surface area contributed by atoms with Gasteiger partial charge in [0.15, 0.2) is 11.6 Å². The van der Waals surface area contributed by atoms with Crippen molar-refractivity contribution in [1.82, 2.24) is 10.3 Å². The van der Waals surface area contributed by atoms with Gasteiger partial charge in [-0.15, -0.1) is 0 Å². The minimum atomic E-state index is -0.606. The molecule has 3 heterocycles. The molecule has 2 saturated heterocycles. The van der Waals surface area contributed by atoms with E-state index in [0.29, 0.717) is 30.4 Å². The maximum atomic E-state index is 13.9. The first-order valence-electron chi connectivity index (χ1n) is 6.57. The number of nitrogens with zero attached hydrogens (tertiary/aromatic N) is 2. The largest absolute Gasteiger partial charge is 0.389 e. The summed E-state index contributed by atoms with van der Waals surface area (Å²) in [5, 5.41) is 14.2. The van der Waals surface area contributed by atoms with Crippen molar-refractivity contribution < 1.29 is 9.50 Å². The molecule has 0 radical (unpaired) electrons. The number of fused-ring (bicyclic) bond motifs is 1. The van der Waals surface area contributed by atoms with Gasteiger partial charge in [-0.2, -0.15) is 0 Å². The summed E-state index contributed by atoms with van der Waals surface area (Å²) in [6, 6.07) is 1.28. The molecule has 0 aliphatic carbocycles. The van der Waals surface area contributed by atoms with Gasteiger partial charge in [-0.3, -0.25) is 0 Å². The minimum absolute atomic E-state index is 0.117. The quantitative estimate of drug-likeness (QED) is 0.819. The molecule has 2 atom stereocenters. The summed E-state index contributed by atoms with van der Waals surface area (Å²) in [4.78, 5) is 5.98. The Morgan fingerprint density at radius 2 is 2.37 bits per heavy atom. The van der Waals surface area contributed by atoms with Crippen LogP contribution in [0.3, 0.4) is 0 Å². The predicted octanol–water partition coefficient (Wildman–Crippen LogP) is 1.42. The Kier molecular flexibility index (Phi) is 3.37. The van der Waals surface area contributed by atoms with Crippen LogP contribution in [-0.2, 0) is 0 Å². The second kappa shape index (κ2) is 4.89. The standard InChI is InChI=1S/C13H17ClFN3O/c14-10-5-11(15)12(17-7-10)18-4-2-13(19)1-3-16-6-9(13)8-18/h5,7,9,16,19H,1-4,6,8H2/t9-,13-/m0/s1. The molecule has 0 bridgehead atoms. The minimum Gasteiger partial charge on any atom is -0.389 e. The van der Waals surface area contributed by atoms with Crippen LogP contribution in [0.2, 0.25) is 5.02 Å². The van der Waals surface area contributed by atoms with E-state index in [1.807, 2.05) is 4.90 Å². The third-order valence-corrected chi connectivity index (χ3v) is 4.44. The molecule has 2 fully saturated rings. The van der Waals surface area contributed by atoms with E-state index >= 15 is 0 Å². The van der Waals surface area contributed by atoms with Gasteiger partial charge in [0, 0.05) is 31.7 Å². The second-order valence-corrected chi connectivity index (χ2v) is 5.85. The maximum Gasteiger partial charge on any atom is 0.167 e. The number of halogens is 2. The smallest absolute Gasteiger partial charge is 0.167 e. The summed E-state index contributed by atoms with van der Waals surface area (Å²) in [5.41, 5.74) is -0.606. The number of piperidine rings is 2. The molecule has 4 nitrogen and oxygen atoms in total. The summed E-state index contributed by atoms with van der Waals surface area (Å²) >= 11 is 5.72. The average Bonchev–Trinajstić information content (AvgIpc) is 2.38. The van der Waals surface area contributed by atoms with E-state index in [9.17, 15) is 9.50 Å². The Labute approximate surface area is 116 Å². The second-order valence-electron chi connectivity index (χ2n) is 5.41. The molecule has 104 valence electrons. The molecule has 2 N–H and O–H groups in total. The molecule has 2 aliphatic heterocycles. The third kappa shape index (κ3) is 2.42. The first-order chi connectivity index (χ1) is 9.08. The van der Waals surface area contributed by atoms with E-state index in [1.54, 1.807) is 0 Å². The summed E-state index contributed by atoms with van der Waals surface area (Å²) in [7, 11) is 0. The van der Waals surface area contributed by atoms with Crippen molar-refractivity contribution in [3.05, 3.63) is 23.1 Å². The average molecular weight is 286 g/mol. The van der Waals surface area contributed by atoms with Gasteiger partial charge >= 0.3 is 0 Å². The summed E-state index contributed by atoms with van der Waals surface area (Å²) in [5.74, 6) is 0.0469. The number of aliphatic hydroxyl groups is 1. The summed E-state index contributed by atoms with van der Waals surface area (Å²) in [6.07, 6.45) is 2.88. The zero-order chi connectivity index (χ0) is 13.5. The molecule has 1 aromatic heterocycles. The Hall–Kier alpha value is -0.910. The topological polar surface area (TPSA) is 48.4 Å². The van der Waals surface area contributed by atoms with E-state index in [0.717, 1.165) is 19.5 Å². The number of anilines is 1. The third-order valence-electron chi connectivity index (χ3n) is 4.23. The van der Waals surface area contributed by atoms with Crippen LogP contribution in [0.15, 0.2) is 12.3 Å². The van der Waals surface area contributed by atoms with E-state index in [-0.39, 0.29) is 5.92 Å². The lowest BCUT2D eigenvalue weighted by Crippen LogP contribution is -2.59. The van der Waals surface area contributed by atoms with Gasteiger partial charge in [0.25, 0.3) is 0 Å². The Bertz CT molecular complexity index is 487. The van der Waals surface area contributed by atoms with E-state index in [4.69, 9.17) is 11.6 Å². The lowest BCUT2D eigenvalue weighted by Gasteiger charge is -2.47. The molecule has 0 amide bonds. The Morgan fingerprint density at radius 1 is 1.53 bits per heavy atom. The SMILES string of the molecule is O[C@]12CCNC[C@H]1CN(c1ncc(Cl)cc1F)CC2. The highest BCUT2D eigenvalue weighted by Gasteiger charge is 2.43. The van der Waals surface area contributed by atoms with Gasteiger partial charge in [0.2, 0.25) is 0 Å². The van der Waals surface area contributed by atoms with Gasteiger partial charge in [-0.1, -0.05) is 11.6 Å². The van der Waals surface area contributed by atoms with Crippen LogP contribution >= 0.6 is 11.6 Å². The molecule has 0 aromatic carbocycles. The van der Waals surface area contributed by atoms with Crippen LogP contribution in [0.1, 0.15) is 12.8 Å². The van der Waals surface area contributed by atoms with Crippen LogP contribution in [0, 0.1) is 11.7 Å². The number of hydrogen-bond acceptors (Lipinski definition) is 4. The summed E-state index contributed by atoms with van der Waals surface area (Å²) in [6.45, 7) is 2.86. The summed E-state index contributed by atoms with van der Waals surface area (Å²) < 4.78 is 13.9. The molecule has 19 heavy (non-hydrogen) atoms. The number of pyridine rings is 1. The van der Waals surface area contributed by atoms with Crippen molar-refractivity contribution >= 4 is 17.4 Å². The van der Waals surface area contributed by atoms with E-state index < -0.39 is 11.4 Å². The van der Waals surface area contributed by atoms with Crippen molar-refractivity contribution in [1.29, 1.82) is 0 Å². The monoisotopic (exact) mass is 285 g/mol.